The van der Waals surface area contributed by atoms with E-state index >= 15 is 0 Å². The van der Waals surface area contributed by atoms with Crippen molar-refractivity contribution in [1.29, 1.82) is 0 Å². The standard InChI is InChI=1S/C14H15FO3/c15-13-5-3-11(9-18-8-10-1-2-10)7-12(13)4-6-14(16)17/h3-7,10H,1-2,8-9H2,(H,16,17)/b6-4+. The lowest BCUT2D eigenvalue weighted by Gasteiger charge is -2.05. The minimum absolute atomic E-state index is 0.268. The number of rotatable bonds is 6. The van der Waals surface area contributed by atoms with Gasteiger partial charge in [0.2, 0.25) is 0 Å². The average Bonchev–Trinajstić information content (AvgIpc) is 3.13. The second kappa shape index (κ2) is 5.78. The predicted octanol–water partition coefficient (Wildman–Crippen LogP) is 2.85. The molecule has 3 nitrogen and oxygen atoms in total. The highest BCUT2D eigenvalue weighted by molar-refractivity contribution is 5.85. The van der Waals surface area contributed by atoms with E-state index in [2.05, 4.69) is 0 Å². The molecule has 1 fully saturated rings. The van der Waals surface area contributed by atoms with Crippen molar-refractivity contribution in [2.45, 2.75) is 19.4 Å². The van der Waals surface area contributed by atoms with E-state index in [1.807, 2.05) is 0 Å². The fourth-order valence-corrected chi connectivity index (χ4v) is 1.60. The predicted molar refractivity (Wildman–Crippen MR) is 65.4 cm³/mol. The number of benzene rings is 1. The van der Waals surface area contributed by atoms with Crippen LogP contribution in [0.4, 0.5) is 4.39 Å². The van der Waals surface area contributed by atoms with Crippen molar-refractivity contribution < 1.29 is 19.0 Å². The Hall–Kier alpha value is -1.68. The summed E-state index contributed by atoms with van der Waals surface area (Å²) in [5.74, 6) is -0.833. The molecule has 1 N–H and O–H groups in total. The number of halogens is 1. The van der Waals surface area contributed by atoms with Crippen molar-refractivity contribution >= 4 is 12.0 Å². The summed E-state index contributed by atoms with van der Waals surface area (Å²) >= 11 is 0. The Kier molecular flexibility index (Phi) is 4.10. The summed E-state index contributed by atoms with van der Waals surface area (Å²) in [5.41, 5.74) is 1.12. The first-order valence-corrected chi connectivity index (χ1v) is 5.92. The van der Waals surface area contributed by atoms with Gasteiger partial charge in [-0.05, 0) is 42.5 Å². The molecule has 0 radical (unpaired) electrons. The van der Waals surface area contributed by atoms with E-state index in [1.54, 1.807) is 12.1 Å². The van der Waals surface area contributed by atoms with Crippen LogP contribution in [0.2, 0.25) is 0 Å². The molecule has 4 heteroatoms. The fourth-order valence-electron chi connectivity index (χ4n) is 1.60. The Morgan fingerprint density at radius 1 is 1.50 bits per heavy atom. The topological polar surface area (TPSA) is 46.5 Å². The van der Waals surface area contributed by atoms with Crippen LogP contribution in [0.3, 0.4) is 0 Å². The van der Waals surface area contributed by atoms with E-state index in [9.17, 15) is 9.18 Å². The number of aliphatic carboxylic acids is 1. The number of carboxylic acid groups (broad SMARTS) is 1. The van der Waals surface area contributed by atoms with Crippen molar-refractivity contribution in [3.05, 3.63) is 41.2 Å². The monoisotopic (exact) mass is 250 g/mol. The SMILES string of the molecule is O=C(O)/C=C/c1cc(COCC2CC2)ccc1F. The van der Waals surface area contributed by atoms with Crippen LogP contribution in [0, 0.1) is 11.7 Å². The maximum Gasteiger partial charge on any atom is 0.328 e. The summed E-state index contributed by atoms with van der Waals surface area (Å²) < 4.78 is 18.9. The number of hydrogen-bond acceptors (Lipinski definition) is 2. The Morgan fingerprint density at radius 3 is 2.94 bits per heavy atom. The van der Waals surface area contributed by atoms with Gasteiger partial charge in [-0.2, -0.15) is 0 Å². The molecule has 0 unspecified atom stereocenters. The Balaban J connectivity index is 1.97. The van der Waals surface area contributed by atoms with E-state index in [1.165, 1.54) is 25.0 Å². The third-order valence-corrected chi connectivity index (χ3v) is 2.79. The maximum absolute atomic E-state index is 13.4. The summed E-state index contributed by atoms with van der Waals surface area (Å²) in [4.78, 5) is 10.4. The van der Waals surface area contributed by atoms with Crippen molar-refractivity contribution in [2.24, 2.45) is 5.92 Å². The minimum atomic E-state index is -1.09. The van der Waals surface area contributed by atoms with Crippen molar-refractivity contribution in [3.63, 3.8) is 0 Å². The molecule has 1 saturated carbocycles. The first kappa shape index (κ1) is 12.8. The Labute approximate surface area is 105 Å². The molecule has 1 aliphatic carbocycles. The normalized spacial score (nSPS) is 15.2. The molecular weight excluding hydrogens is 235 g/mol. The average molecular weight is 250 g/mol. The van der Waals surface area contributed by atoms with Gasteiger partial charge in [0, 0.05) is 18.2 Å². The molecule has 0 atom stereocenters. The molecule has 18 heavy (non-hydrogen) atoms. The minimum Gasteiger partial charge on any atom is -0.478 e. The van der Waals surface area contributed by atoms with Gasteiger partial charge in [-0.3, -0.25) is 0 Å². The highest BCUT2D eigenvalue weighted by Gasteiger charge is 2.21. The third kappa shape index (κ3) is 3.96. The van der Waals surface area contributed by atoms with Gasteiger partial charge in [0.05, 0.1) is 6.61 Å². The second-order valence-corrected chi connectivity index (χ2v) is 4.49. The highest BCUT2D eigenvalue weighted by Crippen LogP contribution is 2.29. The summed E-state index contributed by atoms with van der Waals surface area (Å²) in [7, 11) is 0. The van der Waals surface area contributed by atoms with E-state index < -0.39 is 11.8 Å². The van der Waals surface area contributed by atoms with Crippen molar-refractivity contribution in [1.82, 2.24) is 0 Å². The molecular formula is C14H15FO3. The van der Waals surface area contributed by atoms with Gasteiger partial charge in [0.1, 0.15) is 5.82 Å². The van der Waals surface area contributed by atoms with Crippen LogP contribution in [0.15, 0.2) is 24.3 Å². The Morgan fingerprint density at radius 2 is 2.28 bits per heavy atom. The summed E-state index contributed by atoms with van der Waals surface area (Å²) in [6.07, 6.45) is 4.64. The number of ether oxygens (including phenoxy) is 1. The zero-order valence-electron chi connectivity index (χ0n) is 9.93. The molecule has 0 amide bonds. The zero-order valence-corrected chi connectivity index (χ0v) is 9.93. The molecule has 1 aliphatic rings. The molecule has 1 aromatic carbocycles. The first-order chi connectivity index (χ1) is 8.65. The van der Waals surface area contributed by atoms with Crippen LogP contribution in [-0.2, 0) is 16.1 Å². The van der Waals surface area contributed by atoms with Gasteiger partial charge < -0.3 is 9.84 Å². The molecule has 0 spiro atoms. The maximum atomic E-state index is 13.4. The highest BCUT2D eigenvalue weighted by atomic mass is 19.1. The van der Waals surface area contributed by atoms with Gasteiger partial charge in [0.15, 0.2) is 0 Å². The van der Waals surface area contributed by atoms with E-state index in [0.29, 0.717) is 12.5 Å². The molecule has 0 aliphatic heterocycles. The van der Waals surface area contributed by atoms with Crippen molar-refractivity contribution in [2.75, 3.05) is 6.61 Å². The van der Waals surface area contributed by atoms with Crippen LogP contribution in [0.1, 0.15) is 24.0 Å². The third-order valence-electron chi connectivity index (χ3n) is 2.79. The van der Waals surface area contributed by atoms with Crippen molar-refractivity contribution in [3.8, 4) is 0 Å². The summed E-state index contributed by atoms with van der Waals surface area (Å²) in [6.45, 7) is 1.18. The molecule has 2 rings (SSSR count). The van der Waals surface area contributed by atoms with Gasteiger partial charge >= 0.3 is 5.97 Å². The molecule has 0 saturated heterocycles. The first-order valence-electron chi connectivity index (χ1n) is 5.92. The lowest BCUT2D eigenvalue weighted by molar-refractivity contribution is -0.131. The zero-order chi connectivity index (χ0) is 13.0. The second-order valence-electron chi connectivity index (χ2n) is 4.49. The molecule has 0 heterocycles. The van der Waals surface area contributed by atoms with Crippen LogP contribution >= 0.6 is 0 Å². The van der Waals surface area contributed by atoms with E-state index in [-0.39, 0.29) is 5.56 Å². The molecule has 96 valence electrons. The van der Waals surface area contributed by atoms with Crippen LogP contribution < -0.4 is 0 Å². The van der Waals surface area contributed by atoms with Gasteiger partial charge in [-0.1, -0.05) is 6.07 Å². The van der Waals surface area contributed by atoms with Gasteiger partial charge in [-0.25, -0.2) is 9.18 Å². The Bertz CT molecular complexity index is 464. The van der Waals surface area contributed by atoms with Crippen LogP contribution in [0.5, 0.6) is 0 Å². The van der Waals surface area contributed by atoms with Crippen LogP contribution in [0.25, 0.3) is 6.08 Å². The van der Waals surface area contributed by atoms with Gasteiger partial charge in [-0.15, -0.1) is 0 Å². The van der Waals surface area contributed by atoms with E-state index in [4.69, 9.17) is 9.84 Å². The largest absolute Gasteiger partial charge is 0.478 e. The summed E-state index contributed by atoms with van der Waals surface area (Å²) in [5, 5.41) is 8.51. The molecule has 1 aromatic rings. The summed E-state index contributed by atoms with van der Waals surface area (Å²) in [6, 6.07) is 4.60. The smallest absolute Gasteiger partial charge is 0.328 e. The van der Waals surface area contributed by atoms with Gasteiger partial charge in [0.25, 0.3) is 0 Å². The number of carbonyl (C=O) groups is 1. The lowest BCUT2D eigenvalue weighted by Crippen LogP contribution is -1.98. The number of hydrogen-bond donors (Lipinski definition) is 1. The molecule has 0 bridgehead atoms. The molecule has 0 aromatic heterocycles. The lowest BCUT2D eigenvalue weighted by atomic mass is 10.1. The van der Waals surface area contributed by atoms with Crippen LogP contribution in [-0.4, -0.2) is 17.7 Å². The quantitative estimate of drug-likeness (QED) is 0.790. The van der Waals surface area contributed by atoms with E-state index in [0.717, 1.165) is 18.2 Å². The fraction of sp³-hybridized carbons (Fsp3) is 0.357. The number of carboxylic acids is 1.